The van der Waals surface area contributed by atoms with Crippen LogP contribution in [0.5, 0.6) is 17.2 Å². The second kappa shape index (κ2) is 10.2. The Balaban J connectivity index is 2.12. The number of hydrogen-bond acceptors (Lipinski definition) is 4. The van der Waals surface area contributed by atoms with Crippen LogP contribution in [0.4, 0.5) is 5.69 Å². The summed E-state index contributed by atoms with van der Waals surface area (Å²) in [5, 5.41) is 6.55. The Kier molecular flexibility index (Phi) is 7.61. The lowest BCUT2D eigenvalue weighted by molar-refractivity contribution is 0.311. The first kappa shape index (κ1) is 19.4. The van der Waals surface area contributed by atoms with E-state index in [9.17, 15) is 0 Å². The Labute approximate surface area is 155 Å². The monoisotopic (exact) mass is 357 g/mol. The van der Waals surface area contributed by atoms with Crippen molar-refractivity contribution in [1.29, 1.82) is 0 Å². The first-order valence-electron chi connectivity index (χ1n) is 8.69. The SMILES string of the molecule is CCNC(=NCc1ccc(OC)cc1)Nc1ccc(OC)c(OCC)c1. The van der Waals surface area contributed by atoms with E-state index in [2.05, 4.69) is 15.6 Å². The smallest absolute Gasteiger partial charge is 0.196 e. The van der Waals surface area contributed by atoms with Gasteiger partial charge in [0.05, 0.1) is 27.4 Å². The lowest BCUT2D eigenvalue weighted by atomic mass is 10.2. The van der Waals surface area contributed by atoms with Crippen LogP contribution in [0.3, 0.4) is 0 Å². The summed E-state index contributed by atoms with van der Waals surface area (Å²) in [6, 6.07) is 13.6. The predicted molar refractivity (Wildman–Crippen MR) is 106 cm³/mol. The summed E-state index contributed by atoms with van der Waals surface area (Å²) in [5.74, 6) is 2.95. The molecule has 0 unspecified atom stereocenters. The van der Waals surface area contributed by atoms with Crippen LogP contribution in [0.1, 0.15) is 19.4 Å². The zero-order valence-corrected chi connectivity index (χ0v) is 15.8. The Morgan fingerprint density at radius 1 is 0.962 bits per heavy atom. The standard InChI is InChI=1S/C20H27N3O3/c1-5-21-20(22-14-15-7-10-17(24-3)11-8-15)23-16-9-12-18(25-4)19(13-16)26-6-2/h7-13H,5-6,14H2,1-4H3,(H2,21,22,23). The molecule has 0 aromatic heterocycles. The van der Waals surface area contributed by atoms with Crippen LogP contribution >= 0.6 is 0 Å². The van der Waals surface area contributed by atoms with Crippen molar-refractivity contribution in [2.45, 2.75) is 20.4 Å². The number of anilines is 1. The lowest BCUT2D eigenvalue weighted by Crippen LogP contribution is -2.30. The van der Waals surface area contributed by atoms with E-state index in [0.29, 0.717) is 30.6 Å². The largest absolute Gasteiger partial charge is 0.497 e. The van der Waals surface area contributed by atoms with Crippen molar-refractivity contribution in [1.82, 2.24) is 5.32 Å². The van der Waals surface area contributed by atoms with Crippen molar-refractivity contribution in [3.63, 3.8) is 0 Å². The molecule has 0 aliphatic heterocycles. The number of nitrogens with zero attached hydrogens (tertiary/aromatic N) is 1. The van der Waals surface area contributed by atoms with E-state index in [1.54, 1.807) is 14.2 Å². The molecule has 2 aromatic rings. The van der Waals surface area contributed by atoms with Crippen molar-refractivity contribution in [3.8, 4) is 17.2 Å². The molecule has 2 aromatic carbocycles. The van der Waals surface area contributed by atoms with E-state index in [1.165, 1.54) is 0 Å². The summed E-state index contributed by atoms with van der Waals surface area (Å²) in [6.07, 6.45) is 0. The minimum absolute atomic E-state index is 0.563. The van der Waals surface area contributed by atoms with Crippen molar-refractivity contribution in [2.75, 3.05) is 32.7 Å². The number of aliphatic imine (C=N–C) groups is 1. The Morgan fingerprint density at radius 2 is 1.73 bits per heavy atom. The predicted octanol–water partition coefficient (Wildman–Crippen LogP) is 3.68. The maximum Gasteiger partial charge on any atom is 0.196 e. The fourth-order valence-electron chi connectivity index (χ4n) is 2.37. The third-order valence-electron chi connectivity index (χ3n) is 3.65. The molecule has 0 heterocycles. The molecular formula is C20H27N3O3. The van der Waals surface area contributed by atoms with Gasteiger partial charge in [-0.05, 0) is 43.7 Å². The summed E-state index contributed by atoms with van der Waals surface area (Å²) < 4.78 is 16.1. The average molecular weight is 357 g/mol. The van der Waals surface area contributed by atoms with Gasteiger partial charge in [-0.1, -0.05) is 12.1 Å². The van der Waals surface area contributed by atoms with Gasteiger partial charge in [-0.3, -0.25) is 0 Å². The molecule has 0 aliphatic carbocycles. The lowest BCUT2D eigenvalue weighted by Gasteiger charge is -2.14. The highest BCUT2D eigenvalue weighted by molar-refractivity contribution is 5.93. The Hall–Kier alpha value is -2.89. The average Bonchev–Trinajstić information content (AvgIpc) is 2.67. The normalized spacial score (nSPS) is 11.0. The molecule has 0 amide bonds. The van der Waals surface area contributed by atoms with E-state index in [4.69, 9.17) is 14.2 Å². The topological polar surface area (TPSA) is 64.1 Å². The molecule has 0 bridgehead atoms. The minimum Gasteiger partial charge on any atom is -0.497 e. The highest BCUT2D eigenvalue weighted by atomic mass is 16.5. The van der Waals surface area contributed by atoms with Crippen LogP contribution in [0.15, 0.2) is 47.5 Å². The molecule has 0 aliphatic rings. The molecule has 0 fully saturated rings. The summed E-state index contributed by atoms with van der Waals surface area (Å²) >= 11 is 0. The van der Waals surface area contributed by atoms with Gasteiger partial charge in [-0.15, -0.1) is 0 Å². The fourth-order valence-corrected chi connectivity index (χ4v) is 2.37. The van der Waals surface area contributed by atoms with Gasteiger partial charge >= 0.3 is 0 Å². The van der Waals surface area contributed by atoms with Crippen LogP contribution in [-0.2, 0) is 6.54 Å². The molecule has 0 radical (unpaired) electrons. The molecule has 6 heteroatoms. The van der Waals surface area contributed by atoms with Crippen molar-refractivity contribution in [2.24, 2.45) is 4.99 Å². The zero-order chi connectivity index (χ0) is 18.8. The number of benzene rings is 2. The molecule has 6 nitrogen and oxygen atoms in total. The van der Waals surface area contributed by atoms with E-state index in [-0.39, 0.29) is 0 Å². The number of methoxy groups -OCH3 is 2. The van der Waals surface area contributed by atoms with Crippen molar-refractivity contribution in [3.05, 3.63) is 48.0 Å². The second-order valence-electron chi connectivity index (χ2n) is 5.47. The van der Waals surface area contributed by atoms with Gasteiger partial charge < -0.3 is 24.8 Å². The third kappa shape index (κ3) is 5.58. The minimum atomic E-state index is 0.563. The summed E-state index contributed by atoms with van der Waals surface area (Å²) in [7, 11) is 3.29. The Bertz CT molecular complexity index is 715. The number of rotatable bonds is 8. The molecule has 140 valence electrons. The molecule has 0 saturated heterocycles. The molecule has 2 N–H and O–H groups in total. The molecule has 0 atom stereocenters. The summed E-state index contributed by atoms with van der Waals surface area (Å²) in [4.78, 5) is 4.63. The van der Waals surface area contributed by atoms with Crippen LogP contribution in [0.25, 0.3) is 0 Å². The highest BCUT2D eigenvalue weighted by Crippen LogP contribution is 2.30. The maximum absolute atomic E-state index is 5.62. The maximum atomic E-state index is 5.62. The van der Waals surface area contributed by atoms with Gasteiger partial charge in [0.1, 0.15) is 5.75 Å². The van der Waals surface area contributed by atoms with Crippen LogP contribution in [0.2, 0.25) is 0 Å². The Morgan fingerprint density at radius 3 is 2.35 bits per heavy atom. The van der Waals surface area contributed by atoms with Gasteiger partial charge in [0.15, 0.2) is 17.5 Å². The van der Waals surface area contributed by atoms with Crippen LogP contribution < -0.4 is 24.8 Å². The van der Waals surface area contributed by atoms with Gasteiger partial charge in [0.25, 0.3) is 0 Å². The zero-order valence-electron chi connectivity index (χ0n) is 15.8. The van der Waals surface area contributed by atoms with E-state index < -0.39 is 0 Å². The second-order valence-corrected chi connectivity index (χ2v) is 5.47. The van der Waals surface area contributed by atoms with Gasteiger partial charge in [-0.2, -0.15) is 0 Å². The quantitative estimate of drug-likeness (QED) is 0.557. The number of hydrogen-bond donors (Lipinski definition) is 2. The number of guanidine groups is 1. The van der Waals surface area contributed by atoms with Gasteiger partial charge in [0, 0.05) is 18.3 Å². The van der Waals surface area contributed by atoms with Crippen molar-refractivity contribution >= 4 is 11.6 Å². The van der Waals surface area contributed by atoms with Crippen LogP contribution in [-0.4, -0.2) is 33.3 Å². The van der Waals surface area contributed by atoms with E-state index in [0.717, 1.165) is 23.5 Å². The van der Waals surface area contributed by atoms with E-state index in [1.807, 2.05) is 56.3 Å². The molecule has 0 spiro atoms. The molecule has 2 rings (SSSR count). The highest BCUT2D eigenvalue weighted by Gasteiger charge is 2.07. The van der Waals surface area contributed by atoms with Crippen molar-refractivity contribution < 1.29 is 14.2 Å². The molecule has 26 heavy (non-hydrogen) atoms. The third-order valence-corrected chi connectivity index (χ3v) is 3.65. The van der Waals surface area contributed by atoms with Crippen LogP contribution in [0, 0.1) is 0 Å². The summed E-state index contributed by atoms with van der Waals surface area (Å²) in [6.45, 7) is 5.88. The number of ether oxygens (including phenoxy) is 3. The fraction of sp³-hybridized carbons (Fsp3) is 0.350. The molecular weight excluding hydrogens is 330 g/mol. The van der Waals surface area contributed by atoms with E-state index >= 15 is 0 Å². The molecule has 0 saturated carbocycles. The first-order valence-corrected chi connectivity index (χ1v) is 8.69. The summed E-state index contributed by atoms with van der Waals surface area (Å²) in [5.41, 5.74) is 1.98. The van der Waals surface area contributed by atoms with Gasteiger partial charge in [-0.25, -0.2) is 4.99 Å². The first-order chi connectivity index (χ1) is 12.7. The number of nitrogens with one attached hydrogen (secondary N) is 2. The van der Waals surface area contributed by atoms with Gasteiger partial charge in [0.2, 0.25) is 0 Å².